The van der Waals surface area contributed by atoms with Gasteiger partial charge in [0, 0.05) is 26.1 Å². The van der Waals surface area contributed by atoms with Gasteiger partial charge in [-0.05, 0) is 26.9 Å². The summed E-state index contributed by atoms with van der Waals surface area (Å²) in [7, 11) is 3.91. The monoisotopic (exact) mass is 259 g/mol. The molecule has 0 aliphatic heterocycles. The number of carboxylic acids is 1. The van der Waals surface area contributed by atoms with E-state index in [0.29, 0.717) is 19.5 Å². The van der Waals surface area contributed by atoms with Gasteiger partial charge in [0.05, 0.1) is 0 Å². The van der Waals surface area contributed by atoms with E-state index in [0.717, 1.165) is 25.8 Å². The highest BCUT2D eigenvalue weighted by atomic mass is 16.4. The second-order valence-corrected chi connectivity index (χ2v) is 4.54. The molecule has 0 aliphatic carbocycles. The van der Waals surface area contributed by atoms with E-state index in [1.165, 1.54) is 0 Å². The fourth-order valence-corrected chi connectivity index (χ4v) is 1.41. The van der Waals surface area contributed by atoms with Crippen molar-refractivity contribution in [3.8, 4) is 0 Å². The Labute approximate surface area is 109 Å². The number of urea groups is 1. The van der Waals surface area contributed by atoms with Crippen molar-refractivity contribution in [2.75, 3.05) is 33.7 Å². The SMILES string of the molecule is CN(C)CCNC(=O)NCCCCCCC(=O)O. The average Bonchev–Trinajstić information content (AvgIpc) is 2.26. The molecule has 106 valence electrons. The van der Waals surface area contributed by atoms with Gasteiger partial charge in [-0.1, -0.05) is 12.8 Å². The summed E-state index contributed by atoms with van der Waals surface area (Å²) < 4.78 is 0. The first kappa shape index (κ1) is 16.7. The Morgan fingerprint density at radius 3 is 2.22 bits per heavy atom. The van der Waals surface area contributed by atoms with Crippen LogP contribution in [0.3, 0.4) is 0 Å². The lowest BCUT2D eigenvalue weighted by Crippen LogP contribution is -2.39. The molecule has 0 aromatic rings. The second-order valence-electron chi connectivity index (χ2n) is 4.54. The first-order chi connectivity index (χ1) is 8.52. The lowest BCUT2D eigenvalue weighted by molar-refractivity contribution is -0.137. The van der Waals surface area contributed by atoms with Gasteiger partial charge in [0.2, 0.25) is 0 Å². The Morgan fingerprint density at radius 2 is 1.61 bits per heavy atom. The summed E-state index contributed by atoms with van der Waals surface area (Å²) in [6.45, 7) is 2.10. The highest BCUT2D eigenvalue weighted by Crippen LogP contribution is 2.01. The van der Waals surface area contributed by atoms with Gasteiger partial charge in [-0.15, -0.1) is 0 Å². The van der Waals surface area contributed by atoms with Crippen molar-refractivity contribution >= 4 is 12.0 Å². The molecule has 6 nitrogen and oxygen atoms in total. The van der Waals surface area contributed by atoms with E-state index < -0.39 is 5.97 Å². The van der Waals surface area contributed by atoms with Crippen LogP contribution in [0.5, 0.6) is 0 Å². The third-order valence-electron chi connectivity index (χ3n) is 2.45. The Kier molecular flexibility index (Phi) is 10.0. The molecule has 0 saturated heterocycles. The summed E-state index contributed by atoms with van der Waals surface area (Å²) in [5.74, 6) is -0.742. The number of aliphatic carboxylic acids is 1. The summed E-state index contributed by atoms with van der Waals surface area (Å²) in [6, 6.07) is -0.137. The average molecular weight is 259 g/mol. The van der Waals surface area contributed by atoms with E-state index in [9.17, 15) is 9.59 Å². The molecule has 0 unspecified atom stereocenters. The smallest absolute Gasteiger partial charge is 0.314 e. The predicted octanol–water partition coefficient (Wildman–Crippen LogP) is 0.882. The number of carbonyl (C=O) groups excluding carboxylic acids is 1. The van der Waals surface area contributed by atoms with Gasteiger partial charge >= 0.3 is 12.0 Å². The fourth-order valence-electron chi connectivity index (χ4n) is 1.41. The fraction of sp³-hybridized carbons (Fsp3) is 0.833. The van der Waals surface area contributed by atoms with Crippen molar-refractivity contribution in [3.05, 3.63) is 0 Å². The summed E-state index contributed by atoms with van der Waals surface area (Å²) >= 11 is 0. The van der Waals surface area contributed by atoms with Crippen LogP contribution in [-0.4, -0.2) is 55.7 Å². The van der Waals surface area contributed by atoms with E-state index in [1.807, 2.05) is 19.0 Å². The Bertz CT molecular complexity index is 245. The standard InChI is InChI=1S/C12H25N3O3/c1-15(2)10-9-14-12(18)13-8-6-4-3-5-7-11(16)17/h3-10H2,1-2H3,(H,16,17)(H2,13,14,18). The van der Waals surface area contributed by atoms with Crippen molar-refractivity contribution in [3.63, 3.8) is 0 Å². The molecule has 0 atom stereocenters. The number of rotatable bonds is 10. The first-order valence-electron chi connectivity index (χ1n) is 6.40. The number of carboxylic acid groups (broad SMARTS) is 1. The van der Waals surface area contributed by atoms with Crippen molar-refractivity contribution < 1.29 is 14.7 Å². The number of hydrogen-bond acceptors (Lipinski definition) is 3. The van der Waals surface area contributed by atoms with Crippen molar-refractivity contribution in [1.29, 1.82) is 0 Å². The molecule has 0 spiro atoms. The third-order valence-corrected chi connectivity index (χ3v) is 2.45. The molecule has 0 aromatic heterocycles. The minimum atomic E-state index is -0.742. The number of nitrogens with one attached hydrogen (secondary N) is 2. The maximum absolute atomic E-state index is 11.3. The number of amides is 2. The molecule has 0 rings (SSSR count). The van der Waals surface area contributed by atoms with Crippen LogP contribution in [0.4, 0.5) is 4.79 Å². The van der Waals surface area contributed by atoms with Crippen LogP contribution in [-0.2, 0) is 4.79 Å². The van der Waals surface area contributed by atoms with Crippen LogP contribution in [0, 0.1) is 0 Å². The summed E-state index contributed by atoms with van der Waals surface area (Å²) in [4.78, 5) is 23.5. The Balaban J connectivity index is 3.22. The summed E-state index contributed by atoms with van der Waals surface area (Å²) in [5, 5.41) is 14.0. The normalized spacial score (nSPS) is 10.4. The third kappa shape index (κ3) is 12.8. The van der Waals surface area contributed by atoms with Crippen LogP contribution in [0.2, 0.25) is 0 Å². The molecule has 18 heavy (non-hydrogen) atoms. The molecular weight excluding hydrogens is 234 g/mol. The van der Waals surface area contributed by atoms with Crippen LogP contribution in [0.25, 0.3) is 0 Å². The van der Waals surface area contributed by atoms with Gasteiger partial charge in [0.1, 0.15) is 0 Å². The van der Waals surface area contributed by atoms with E-state index >= 15 is 0 Å². The summed E-state index contributed by atoms with van der Waals surface area (Å²) in [5.41, 5.74) is 0. The van der Waals surface area contributed by atoms with Gasteiger partial charge in [-0.3, -0.25) is 4.79 Å². The zero-order valence-corrected chi connectivity index (χ0v) is 11.4. The molecule has 0 saturated carbocycles. The zero-order chi connectivity index (χ0) is 13.8. The number of unbranched alkanes of at least 4 members (excludes halogenated alkanes) is 3. The topological polar surface area (TPSA) is 81.7 Å². The first-order valence-corrected chi connectivity index (χ1v) is 6.40. The summed E-state index contributed by atoms with van der Waals surface area (Å²) in [6.07, 6.45) is 3.69. The molecule has 0 radical (unpaired) electrons. The Morgan fingerprint density at radius 1 is 1.00 bits per heavy atom. The van der Waals surface area contributed by atoms with Crippen molar-refractivity contribution in [2.45, 2.75) is 32.1 Å². The number of carbonyl (C=O) groups is 2. The van der Waals surface area contributed by atoms with Crippen molar-refractivity contribution in [1.82, 2.24) is 15.5 Å². The number of likely N-dealkylation sites (N-methyl/N-ethyl adjacent to an activating group) is 1. The largest absolute Gasteiger partial charge is 0.481 e. The van der Waals surface area contributed by atoms with Crippen molar-refractivity contribution in [2.24, 2.45) is 0 Å². The molecule has 6 heteroatoms. The molecular formula is C12H25N3O3. The van der Waals surface area contributed by atoms with Crippen LogP contribution < -0.4 is 10.6 Å². The van der Waals surface area contributed by atoms with E-state index in [4.69, 9.17) is 5.11 Å². The lowest BCUT2D eigenvalue weighted by Gasteiger charge is -2.11. The van der Waals surface area contributed by atoms with Gasteiger partial charge in [-0.2, -0.15) is 0 Å². The maximum atomic E-state index is 11.3. The van der Waals surface area contributed by atoms with Crippen LogP contribution in [0.15, 0.2) is 0 Å². The number of nitrogens with zero attached hydrogens (tertiary/aromatic N) is 1. The van der Waals surface area contributed by atoms with Crippen LogP contribution in [0.1, 0.15) is 32.1 Å². The molecule has 3 N–H and O–H groups in total. The van der Waals surface area contributed by atoms with Gasteiger partial charge in [0.15, 0.2) is 0 Å². The molecule has 0 fully saturated rings. The van der Waals surface area contributed by atoms with E-state index in [2.05, 4.69) is 10.6 Å². The molecule has 2 amide bonds. The highest BCUT2D eigenvalue weighted by Gasteiger charge is 1.99. The molecule has 0 aliphatic rings. The van der Waals surface area contributed by atoms with E-state index in [1.54, 1.807) is 0 Å². The minimum Gasteiger partial charge on any atom is -0.481 e. The quantitative estimate of drug-likeness (QED) is 0.509. The van der Waals surface area contributed by atoms with Gasteiger partial charge in [0.25, 0.3) is 0 Å². The second kappa shape index (κ2) is 10.8. The lowest BCUT2D eigenvalue weighted by atomic mass is 10.1. The molecule has 0 heterocycles. The molecule has 0 aromatic carbocycles. The highest BCUT2D eigenvalue weighted by molar-refractivity contribution is 5.73. The van der Waals surface area contributed by atoms with Crippen LogP contribution >= 0.6 is 0 Å². The van der Waals surface area contributed by atoms with Gasteiger partial charge < -0.3 is 20.6 Å². The Hall–Kier alpha value is -1.30. The zero-order valence-electron chi connectivity index (χ0n) is 11.4. The number of hydrogen-bond donors (Lipinski definition) is 3. The minimum absolute atomic E-state index is 0.137. The van der Waals surface area contributed by atoms with E-state index in [-0.39, 0.29) is 12.5 Å². The molecule has 0 bridgehead atoms. The predicted molar refractivity (Wildman–Crippen MR) is 70.7 cm³/mol. The maximum Gasteiger partial charge on any atom is 0.314 e. The van der Waals surface area contributed by atoms with Gasteiger partial charge in [-0.25, -0.2) is 4.79 Å².